The van der Waals surface area contributed by atoms with E-state index < -0.39 is 0 Å². The minimum Gasteiger partial charge on any atom is -0.384 e. The lowest BCUT2D eigenvalue weighted by atomic mass is 10.1. The standard InChI is InChI=1S/C16H14ClNO2S/c1-11-9-13(4-5-14(11)17)16(20)18-10-15-12(3-2-7-19)6-8-21-15/h4-6,8-9,19H,7,10H2,1H3,(H,18,20). The van der Waals surface area contributed by atoms with Gasteiger partial charge in [-0.05, 0) is 42.1 Å². The highest BCUT2D eigenvalue weighted by atomic mass is 35.5. The summed E-state index contributed by atoms with van der Waals surface area (Å²) in [5.41, 5.74) is 2.29. The minimum atomic E-state index is -0.175. The third-order valence-electron chi connectivity index (χ3n) is 2.88. The Morgan fingerprint density at radius 3 is 2.95 bits per heavy atom. The first-order valence-corrected chi connectivity index (χ1v) is 7.58. The molecule has 0 bridgehead atoms. The van der Waals surface area contributed by atoms with E-state index in [-0.39, 0.29) is 12.5 Å². The van der Waals surface area contributed by atoms with E-state index in [0.29, 0.717) is 17.1 Å². The van der Waals surface area contributed by atoms with E-state index in [2.05, 4.69) is 17.2 Å². The second kappa shape index (κ2) is 7.28. The summed E-state index contributed by atoms with van der Waals surface area (Å²) >= 11 is 7.47. The summed E-state index contributed by atoms with van der Waals surface area (Å²) in [5.74, 6) is 5.32. The van der Waals surface area contributed by atoms with Crippen LogP contribution in [0.2, 0.25) is 5.02 Å². The van der Waals surface area contributed by atoms with Gasteiger partial charge in [-0.15, -0.1) is 11.3 Å². The molecule has 0 fully saturated rings. The van der Waals surface area contributed by atoms with Crippen LogP contribution < -0.4 is 5.32 Å². The molecule has 0 saturated carbocycles. The molecule has 0 unspecified atom stereocenters. The zero-order valence-corrected chi connectivity index (χ0v) is 13.0. The monoisotopic (exact) mass is 319 g/mol. The van der Waals surface area contributed by atoms with E-state index in [1.54, 1.807) is 18.2 Å². The molecule has 0 aliphatic heterocycles. The van der Waals surface area contributed by atoms with Crippen LogP contribution in [0, 0.1) is 18.8 Å². The predicted octanol–water partition coefficient (Wildman–Crippen LogP) is 2.98. The van der Waals surface area contributed by atoms with Crippen LogP contribution in [0.15, 0.2) is 29.6 Å². The molecule has 108 valence electrons. The van der Waals surface area contributed by atoms with Gasteiger partial charge in [-0.25, -0.2) is 0 Å². The van der Waals surface area contributed by atoms with Crippen molar-refractivity contribution in [1.82, 2.24) is 5.32 Å². The number of carbonyl (C=O) groups is 1. The smallest absolute Gasteiger partial charge is 0.251 e. The van der Waals surface area contributed by atoms with Crippen LogP contribution in [-0.4, -0.2) is 17.6 Å². The molecule has 0 spiro atoms. The van der Waals surface area contributed by atoms with Gasteiger partial charge in [0.1, 0.15) is 6.61 Å². The molecule has 1 amide bonds. The molecule has 1 aromatic heterocycles. The number of aryl methyl sites for hydroxylation is 1. The van der Waals surface area contributed by atoms with Crippen molar-refractivity contribution in [3.05, 3.63) is 56.2 Å². The SMILES string of the molecule is Cc1cc(C(=O)NCc2sccc2C#CCO)ccc1Cl. The predicted molar refractivity (Wildman–Crippen MR) is 85.6 cm³/mol. The van der Waals surface area contributed by atoms with Crippen LogP contribution in [0.25, 0.3) is 0 Å². The largest absolute Gasteiger partial charge is 0.384 e. The maximum atomic E-state index is 12.1. The van der Waals surface area contributed by atoms with Crippen LogP contribution >= 0.6 is 22.9 Å². The maximum Gasteiger partial charge on any atom is 0.251 e. The molecule has 1 aromatic carbocycles. The second-order valence-electron chi connectivity index (χ2n) is 4.36. The van der Waals surface area contributed by atoms with Crippen molar-refractivity contribution in [1.29, 1.82) is 0 Å². The molecule has 0 aliphatic rings. The molecule has 5 heteroatoms. The molecule has 2 aromatic rings. The van der Waals surface area contributed by atoms with Crippen LogP contribution in [0.3, 0.4) is 0 Å². The fourth-order valence-electron chi connectivity index (χ4n) is 1.77. The Morgan fingerprint density at radius 1 is 1.43 bits per heavy atom. The third-order valence-corrected chi connectivity index (χ3v) is 4.22. The Bertz CT molecular complexity index is 713. The molecular formula is C16H14ClNO2S. The van der Waals surface area contributed by atoms with Gasteiger partial charge in [0.05, 0.1) is 6.54 Å². The molecule has 0 saturated heterocycles. The van der Waals surface area contributed by atoms with Crippen molar-refractivity contribution in [2.75, 3.05) is 6.61 Å². The molecule has 2 rings (SSSR count). The number of aliphatic hydroxyl groups is 1. The summed E-state index contributed by atoms with van der Waals surface area (Å²) in [6.45, 7) is 2.10. The summed E-state index contributed by atoms with van der Waals surface area (Å²) in [6, 6.07) is 7.06. The first-order valence-electron chi connectivity index (χ1n) is 6.32. The Morgan fingerprint density at radius 2 is 2.24 bits per heavy atom. The van der Waals surface area contributed by atoms with Gasteiger partial charge in [0.25, 0.3) is 5.91 Å². The Kier molecular flexibility index (Phi) is 5.40. The Balaban J connectivity index is 2.04. The van der Waals surface area contributed by atoms with Crippen LogP contribution in [-0.2, 0) is 6.54 Å². The Hall–Kier alpha value is -1.80. The van der Waals surface area contributed by atoms with Gasteiger partial charge < -0.3 is 10.4 Å². The summed E-state index contributed by atoms with van der Waals surface area (Å²) in [7, 11) is 0. The number of nitrogens with one attached hydrogen (secondary N) is 1. The summed E-state index contributed by atoms with van der Waals surface area (Å²) in [5, 5.41) is 14.1. The number of rotatable bonds is 3. The van der Waals surface area contributed by atoms with Gasteiger partial charge >= 0.3 is 0 Å². The topological polar surface area (TPSA) is 49.3 Å². The van der Waals surface area contributed by atoms with Crippen molar-refractivity contribution in [3.63, 3.8) is 0 Å². The fraction of sp³-hybridized carbons (Fsp3) is 0.188. The lowest BCUT2D eigenvalue weighted by molar-refractivity contribution is 0.0951. The zero-order chi connectivity index (χ0) is 15.2. The van der Waals surface area contributed by atoms with E-state index in [9.17, 15) is 4.79 Å². The van der Waals surface area contributed by atoms with Crippen LogP contribution in [0.1, 0.15) is 26.4 Å². The number of hydrogen-bond donors (Lipinski definition) is 2. The fourth-order valence-corrected chi connectivity index (χ4v) is 2.66. The van der Waals surface area contributed by atoms with Gasteiger partial charge in [0.15, 0.2) is 0 Å². The lowest BCUT2D eigenvalue weighted by Gasteiger charge is -2.06. The molecule has 2 N–H and O–H groups in total. The second-order valence-corrected chi connectivity index (χ2v) is 5.77. The number of halogens is 1. The molecule has 0 atom stereocenters. The van der Waals surface area contributed by atoms with Crippen molar-refractivity contribution in [3.8, 4) is 11.8 Å². The summed E-state index contributed by atoms with van der Waals surface area (Å²) in [6.07, 6.45) is 0. The molecule has 1 heterocycles. The average molecular weight is 320 g/mol. The highest BCUT2D eigenvalue weighted by Gasteiger charge is 2.08. The van der Waals surface area contributed by atoms with E-state index in [4.69, 9.17) is 16.7 Å². The third kappa shape index (κ3) is 4.08. The molecule has 21 heavy (non-hydrogen) atoms. The van der Waals surface area contributed by atoms with Crippen molar-refractivity contribution in [2.24, 2.45) is 0 Å². The van der Waals surface area contributed by atoms with E-state index in [1.165, 1.54) is 11.3 Å². The number of benzene rings is 1. The highest BCUT2D eigenvalue weighted by Crippen LogP contribution is 2.18. The van der Waals surface area contributed by atoms with Gasteiger partial charge in [-0.1, -0.05) is 23.4 Å². The van der Waals surface area contributed by atoms with Crippen LogP contribution in [0.4, 0.5) is 0 Å². The molecular weight excluding hydrogens is 306 g/mol. The highest BCUT2D eigenvalue weighted by molar-refractivity contribution is 7.10. The number of hydrogen-bond acceptors (Lipinski definition) is 3. The quantitative estimate of drug-likeness (QED) is 0.855. The summed E-state index contributed by atoms with van der Waals surface area (Å²) < 4.78 is 0. The first kappa shape index (κ1) is 15.6. The molecule has 0 radical (unpaired) electrons. The molecule has 3 nitrogen and oxygen atoms in total. The van der Waals surface area contributed by atoms with Gasteiger partial charge in [0.2, 0.25) is 0 Å². The number of thiophene rings is 1. The molecule has 0 aliphatic carbocycles. The lowest BCUT2D eigenvalue weighted by Crippen LogP contribution is -2.22. The van der Waals surface area contributed by atoms with Crippen molar-refractivity contribution in [2.45, 2.75) is 13.5 Å². The van der Waals surface area contributed by atoms with Gasteiger partial charge in [0, 0.05) is 21.0 Å². The van der Waals surface area contributed by atoms with Gasteiger partial charge in [-0.2, -0.15) is 0 Å². The number of aliphatic hydroxyl groups excluding tert-OH is 1. The first-order chi connectivity index (χ1) is 10.1. The van der Waals surface area contributed by atoms with E-state index in [1.807, 2.05) is 18.4 Å². The number of carbonyl (C=O) groups excluding carboxylic acids is 1. The average Bonchev–Trinajstić information content (AvgIpc) is 2.92. The van der Waals surface area contributed by atoms with Crippen molar-refractivity contribution >= 4 is 28.8 Å². The van der Waals surface area contributed by atoms with E-state index >= 15 is 0 Å². The van der Waals surface area contributed by atoms with Crippen molar-refractivity contribution < 1.29 is 9.90 Å². The Labute approximate surface area is 132 Å². The van der Waals surface area contributed by atoms with E-state index in [0.717, 1.165) is 16.0 Å². The van der Waals surface area contributed by atoms with Crippen LogP contribution in [0.5, 0.6) is 0 Å². The minimum absolute atomic E-state index is 0.149. The summed E-state index contributed by atoms with van der Waals surface area (Å²) in [4.78, 5) is 13.1. The number of amides is 1. The zero-order valence-electron chi connectivity index (χ0n) is 11.4. The van der Waals surface area contributed by atoms with Gasteiger partial charge in [-0.3, -0.25) is 4.79 Å². The maximum absolute atomic E-state index is 12.1. The normalized spacial score (nSPS) is 9.86.